The summed E-state index contributed by atoms with van der Waals surface area (Å²) in [4.78, 5) is 15.2. The molecule has 0 amide bonds. The van der Waals surface area contributed by atoms with Gasteiger partial charge in [0.25, 0.3) is 0 Å². The fraction of sp³-hybridized carbons (Fsp3) is 0. The standard InChI is InChI=1S/C7H5N7S2/c8-6-12-4-3(9-1-10-4)5(13-6)16-7-14-11-2-15-7/h1-2H,(H3,8,9,10,12,13). The molecule has 0 saturated heterocycles. The van der Waals surface area contributed by atoms with Gasteiger partial charge in [-0.1, -0.05) is 11.3 Å². The summed E-state index contributed by atoms with van der Waals surface area (Å²) in [7, 11) is 0. The van der Waals surface area contributed by atoms with E-state index in [1.54, 1.807) is 11.8 Å². The molecule has 3 heterocycles. The van der Waals surface area contributed by atoms with E-state index in [4.69, 9.17) is 5.73 Å². The lowest BCUT2D eigenvalue weighted by Gasteiger charge is -1.98. The van der Waals surface area contributed by atoms with E-state index in [-0.39, 0.29) is 5.95 Å². The number of hydrogen-bond acceptors (Lipinski definition) is 8. The maximum atomic E-state index is 5.59. The van der Waals surface area contributed by atoms with Crippen molar-refractivity contribution in [3.63, 3.8) is 0 Å². The summed E-state index contributed by atoms with van der Waals surface area (Å²) in [6, 6.07) is 0. The lowest BCUT2D eigenvalue weighted by Crippen LogP contribution is -1.96. The number of hydrogen-bond donors (Lipinski definition) is 2. The highest BCUT2D eigenvalue weighted by Crippen LogP contribution is 2.30. The number of H-pyrrole nitrogens is 1. The fourth-order valence-corrected chi connectivity index (χ4v) is 2.67. The molecule has 16 heavy (non-hydrogen) atoms. The van der Waals surface area contributed by atoms with Crippen LogP contribution in [0.3, 0.4) is 0 Å². The molecular weight excluding hydrogens is 246 g/mol. The molecule has 0 unspecified atom stereocenters. The third kappa shape index (κ3) is 1.59. The number of fused-ring (bicyclic) bond motifs is 1. The van der Waals surface area contributed by atoms with Gasteiger partial charge in [0.1, 0.15) is 16.1 Å². The van der Waals surface area contributed by atoms with E-state index in [9.17, 15) is 0 Å². The number of anilines is 1. The van der Waals surface area contributed by atoms with Gasteiger partial charge in [-0.25, -0.2) is 9.97 Å². The van der Waals surface area contributed by atoms with Crippen LogP contribution in [0.4, 0.5) is 5.95 Å². The van der Waals surface area contributed by atoms with Crippen LogP contribution in [0.1, 0.15) is 0 Å². The second-order valence-corrected chi connectivity index (χ2v) is 4.86. The van der Waals surface area contributed by atoms with Gasteiger partial charge in [0, 0.05) is 0 Å². The minimum Gasteiger partial charge on any atom is -0.368 e. The van der Waals surface area contributed by atoms with Gasteiger partial charge >= 0.3 is 0 Å². The fourth-order valence-electron chi connectivity index (χ4n) is 1.19. The largest absolute Gasteiger partial charge is 0.368 e. The van der Waals surface area contributed by atoms with Crippen molar-refractivity contribution in [1.82, 2.24) is 30.1 Å². The first-order chi connectivity index (χ1) is 7.83. The average Bonchev–Trinajstić information content (AvgIpc) is 2.87. The van der Waals surface area contributed by atoms with Crippen molar-refractivity contribution in [1.29, 1.82) is 0 Å². The quantitative estimate of drug-likeness (QED) is 0.652. The summed E-state index contributed by atoms with van der Waals surface area (Å²) < 4.78 is 0.800. The highest BCUT2D eigenvalue weighted by molar-refractivity contribution is 8.01. The summed E-state index contributed by atoms with van der Waals surface area (Å²) >= 11 is 2.83. The first kappa shape index (κ1) is 9.48. The molecule has 3 N–H and O–H groups in total. The molecule has 0 saturated carbocycles. The van der Waals surface area contributed by atoms with E-state index >= 15 is 0 Å². The Kier molecular flexibility index (Phi) is 2.18. The van der Waals surface area contributed by atoms with E-state index in [2.05, 4.69) is 30.1 Å². The summed E-state index contributed by atoms with van der Waals surface area (Å²) in [5.41, 5.74) is 8.57. The maximum absolute atomic E-state index is 5.59. The van der Waals surface area contributed by atoms with Gasteiger partial charge in [-0.15, -0.1) is 10.2 Å². The summed E-state index contributed by atoms with van der Waals surface area (Å²) in [5, 5.41) is 8.39. The number of aromatic nitrogens is 6. The molecule has 0 aliphatic rings. The molecule has 3 aromatic rings. The van der Waals surface area contributed by atoms with E-state index in [0.29, 0.717) is 10.7 Å². The van der Waals surface area contributed by atoms with Crippen LogP contribution in [0, 0.1) is 0 Å². The van der Waals surface area contributed by atoms with Crippen molar-refractivity contribution >= 4 is 40.2 Å². The van der Waals surface area contributed by atoms with Crippen molar-refractivity contribution in [2.45, 2.75) is 9.37 Å². The van der Waals surface area contributed by atoms with E-state index < -0.39 is 0 Å². The molecule has 0 bridgehead atoms. The Labute approximate surface area is 97.5 Å². The lowest BCUT2D eigenvalue weighted by atomic mass is 10.5. The van der Waals surface area contributed by atoms with Crippen LogP contribution >= 0.6 is 23.1 Å². The van der Waals surface area contributed by atoms with Crippen molar-refractivity contribution < 1.29 is 0 Å². The van der Waals surface area contributed by atoms with Crippen LogP contribution in [-0.4, -0.2) is 30.1 Å². The number of imidazole rings is 1. The van der Waals surface area contributed by atoms with E-state index in [1.165, 1.54) is 23.1 Å². The number of rotatable bonds is 2. The van der Waals surface area contributed by atoms with E-state index in [0.717, 1.165) is 9.86 Å². The minimum atomic E-state index is 0.201. The highest BCUT2D eigenvalue weighted by Gasteiger charge is 2.11. The van der Waals surface area contributed by atoms with Gasteiger partial charge in [0.05, 0.1) is 6.33 Å². The summed E-state index contributed by atoms with van der Waals surface area (Å²) in [6.45, 7) is 0. The third-order valence-corrected chi connectivity index (χ3v) is 3.56. The predicted molar refractivity (Wildman–Crippen MR) is 60.1 cm³/mol. The summed E-state index contributed by atoms with van der Waals surface area (Å²) in [6.07, 6.45) is 1.56. The molecule has 0 aliphatic heterocycles. The molecule has 0 atom stereocenters. The van der Waals surface area contributed by atoms with Crippen LogP contribution in [-0.2, 0) is 0 Å². The molecule has 0 aromatic carbocycles. The second-order valence-electron chi connectivity index (χ2n) is 2.79. The number of nitrogen functional groups attached to an aromatic ring is 1. The van der Waals surface area contributed by atoms with Crippen molar-refractivity contribution in [2.75, 3.05) is 5.73 Å². The van der Waals surface area contributed by atoms with Gasteiger partial charge in [-0.05, 0) is 11.8 Å². The second kappa shape index (κ2) is 3.68. The van der Waals surface area contributed by atoms with Crippen molar-refractivity contribution in [3.8, 4) is 0 Å². The van der Waals surface area contributed by atoms with Crippen LogP contribution in [0.25, 0.3) is 11.2 Å². The van der Waals surface area contributed by atoms with Gasteiger partial charge in [-0.2, -0.15) is 4.98 Å². The normalized spacial score (nSPS) is 11.0. The van der Waals surface area contributed by atoms with Crippen molar-refractivity contribution in [3.05, 3.63) is 11.8 Å². The highest BCUT2D eigenvalue weighted by atomic mass is 32.2. The van der Waals surface area contributed by atoms with Crippen LogP contribution < -0.4 is 5.73 Å². The SMILES string of the molecule is Nc1nc(Sc2nncs2)c2[nH]cnc2n1. The zero-order chi connectivity index (χ0) is 11.0. The molecule has 0 radical (unpaired) electrons. The maximum Gasteiger partial charge on any atom is 0.223 e. The zero-order valence-corrected chi connectivity index (χ0v) is 9.42. The smallest absolute Gasteiger partial charge is 0.223 e. The molecule has 9 heteroatoms. The topological polar surface area (TPSA) is 106 Å². The molecule has 80 valence electrons. The number of aromatic amines is 1. The minimum absolute atomic E-state index is 0.201. The van der Waals surface area contributed by atoms with Gasteiger partial charge in [0.15, 0.2) is 9.99 Å². The molecule has 0 aliphatic carbocycles. The molecule has 7 nitrogen and oxygen atoms in total. The van der Waals surface area contributed by atoms with Crippen LogP contribution in [0.5, 0.6) is 0 Å². The first-order valence-electron chi connectivity index (χ1n) is 4.23. The molecule has 0 fully saturated rings. The Balaban J connectivity index is 2.11. The van der Waals surface area contributed by atoms with E-state index in [1.807, 2.05) is 0 Å². The number of nitrogens with zero attached hydrogens (tertiary/aromatic N) is 5. The predicted octanol–water partition coefficient (Wildman–Crippen LogP) is 0.938. The van der Waals surface area contributed by atoms with Crippen molar-refractivity contribution in [2.24, 2.45) is 0 Å². The number of nitrogens with two attached hydrogens (primary N) is 1. The zero-order valence-electron chi connectivity index (χ0n) is 7.78. The Morgan fingerprint density at radius 2 is 2.31 bits per heavy atom. The Bertz CT molecular complexity index is 617. The van der Waals surface area contributed by atoms with Gasteiger partial charge in [0.2, 0.25) is 5.95 Å². The third-order valence-electron chi connectivity index (χ3n) is 1.79. The number of nitrogens with one attached hydrogen (secondary N) is 1. The van der Waals surface area contributed by atoms with Gasteiger partial charge in [-0.3, -0.25) is 0 Å². The van der Waals surface area contributed by atoms with Crippen LogP contribution in [0.2, 0.25) is 0 Å². The van der Waals surface area contributed by atoms with Gasteiger partial charge < -0.3 is 10.7 Å². The Morgan fingerprint density at radius 1 is 1.38 bits per heavy atom. The average molecular weight is 251 g/mol. The van der Waals surface area contributed by atoms with Crippen LogP contribution in [0.15, 0.2) is 21.2 Å². The molecule has 0 spiro atoms. The lowest BCUT2D eigenvalue weighted by molar-refractivity contribution is 1.01. The molecule has 3 aromatic heterocycles. The monoisotopic (exact) mass is 251 g/mol. The Hall–Kier alpha value is -1.74. The molecule has 3 rings (SSSR count). The first-order valence-corrected chi connectivity index (χ1v) is 5.93. The summed E-state index contributed by atoms with van der Waals surface area (Å²) in [5.74, 6) is 0.201. The molecular formula is C7H5N7S2. The Morgan fingerprint density at radius 3 is 3.12 bits per heavy atom.